The Hall–Kier alpha value is -10.6. The van der Waals surface area contributed by atoms with Gasteiger partial charge in [0.25, 0.3) is 0 Å². The first-order valence-electron chi connectivity index (χ1n) is 27.0. The van der Waals surface area contributed by atoms with Crippen molar-refractivity contribution in [3.63, 3.8) is 0 Å². The molecule has 12 rings (SSSR count). The third kappa shape index (κ3) is 11.4. The molecule has 0 radical (unpaired) electrons. The number of hydrogen-bond acceptors (Lipinski definition) is 6. The molecule has 0 saturated heterocycles. The van der Waals surface area contributed by atoms with Crippen molar-refractivity contribution in [3.8, 4) is 34.1 Å². The van der Waals surface area contributed by atoms with Gasteiger partial charge in [0.05, 0.1) is 0 Å². The highest BCUT2D eigenvalue weighted by Crippen LogP contribution is 2.43. The first-order chi connectivity index (χ1) is 39.5. The summed E-state index contributed by atoms with van der Waals surface area (Å²) in [7, 11) is 0. The van der Waals surface area contributed by atoms with Crippen LogP contribution in [-0.2, 0) is 0 Å². The summed E-state index contributed by atoms with van der Waals surface area (Å²) in [5, 5.41) is 0. The highest BCUT2D eigenvalue weighted by molar-refractivity contribution is 5.85. The Morgan fingerprint density at radius 2 is 0.350 bits per heavy atom. The molecule has 0 fully saturated rings. The number of anilines is 12. The maximum Gasteiger partial charge on any atom is 0.127 e. The van der Waals surface area contributed by atoms with Crippen LogP contribution >= 0.6 is 0 Å². The molecule has 12 aromatic carbocycles. The number of ether oxygens (including phenoxy) is 2. The van der Waals surface area contributed by atoms with Gasteiger partial charge in [-0.25, -0.2) is 0 Å². The minimum Gasteiger partial charge on any atom is -0.457 e. The smallest absolute Gasteiger partial charge is 0.127 e. The lowest BCUT2D eigenvalue weighted by molar-refractivity contribution is 0.482. The highest BCUT2D eigenvalue weighted by Gasteiger charge is 2.19. The molecule has 0 aliphatic carbocycles. The Balaban J connectivity index is 0.861. The van der Waals surface area contributed by atoms with E-state index < -0.39 is 0 Å². The Bertz CT molecular complexity index is 3620. The second-order valence-electron chi connectivity index (χ2n) is 19.6. The van der Waals surface area contributed by atoms with Crippen molar-refractivity contribution >= 4 is 68.2 Å². The van der Waals surface area contributed by atoms with Gasteiger partial charge in [-0.15, -0.1) is 0 Å². The standard InChI is InChI=1S/C74H58N4O2/c1-55-23-31-61(32-24-55)75(59-15-7-3-8-16-59)65-39-43-67(44-40-65)77(69-47-51-73(52-48-69)79-71-19-11-5-12-20-71)63-35-27-57(28-36-63)58-29-37-64(38-30-58)78(70-49-53-74(54-50-70)80-72-21-13-6-14-22-72)68-45-41-66(42-46-68)76(60-17-9-4-10-18-60)62-33-25-56(2)26-34-62/h3-54H,1-2H3. The number of aryl methyl sites for hydroxylation is 2. The van der Waals surface area contributed by atoms with E-state index >= 15 is 0 Å². The molecular weight excluding hydrogens is 977 g/mol. The van der Waals surface area contributed by atoms with Gasteiger partial charge in [0, 0.05) is 68.2 Å². The lowest BCUT2D eigenvalue weighted by atomic mass is 10.0. The van der Waals surface area contributed by atoms with Crippen molar-refractivity contribution in [2.45, 2.75) is 13.8 Å². The van der Waals surface area contributed by atoms with Crippen LogP contribution in [0.25, 0.3) is 11.1 Å². The Labute approximate surface area is 469 Å². The molecule has 80 heavy (non-hydrogen) atoms. The quantitative estimate of drug-likeness (QED) is 0.0903. The largest absolute Gasteiger partial charge is 0.457 e. The summed E-state index contributed by atoms with van der Waals surface area (Å²) in [6, 6.07) is 110. The van der Waals surface area contributed by atoms with E-state index in [4.69, 9.17) is 9.47 Å². The third-order valence-corrected chi connectivity index (χ3v) is 14.1. The molecule has 6 heteroatoms. The number of benzene rings is 12. The first-order valence-corrected chi connectivity index (χ1v) is 27.0. The zero-order valence-electron chi connectivity index (χ0n) is 44.6. The molecule has 0 aliphatic heterocycles. The topological polar surface area (TPSA) is 31.4 Å². The maximum atomic E-state index is 6.23. The highest BCUT2D eigenvalue weighted by atomic mass is 16.5. The van der Waals surface area contributed by atoms with Gasteiger partial charge in [0.1, 0.15) is 23.0 Å². The lowest BCUT2D eigenvalue weighted by Gasteiger charge is -2.29. The average molecular weight is 1040 g/mol. The van der Waals surface area contributed by atoms with Crippen LogP contribution in [0.4, 0.5) is 68.2 Å². The fourth-order valence-corrected chi connectivity index (χ4v) is 10.0. The van der Waals surface area contributed by atoms with Crippen LogP contribution in [0.2, 0.25) is 0 Å². The summed E-state index contributed by atoms with van der Waals surface area (Å²) in [5.41, 5.74) is 17.3. The summed E-state index contributed by atoms with van der Waals surface area (Å²) in [6.07, 6.45) is 0. The van der Waals surface area contributed by atoms with Gasteiger partial charge >= 0.3 is 0 Å². The van der Waals surface area contributed by atoms with E-state index in [1.165, 1.54) is 11.1 Å². The SMILES string of the molecule is Cc1ccc(N(c2ccccc2)c2ccc(N(c3ccc(Oc4ccccc4)cc3)c3ccc(-c4ccc(N(c5ccc(Oc6ccccc6)cc5)c5ccc(N(c6ccccc6)c6ccc(C)cc6)cc5)cc4)cc3)cc2)cc1. The first kappa shape index (κ1) is 50.3. The van der Waals surface area contributed by atoms with Crippen molar-refractivity contribution in [2.75, 3.05) is 19.6 Å². The van der Waals surface area contributed by atoms with Crippen molar-refractivity contribution in [1.29, 1.82) is 0 Å². The lowest BCUT2D eigenvalue weighted by Crippen LogP contribution is -2.12. The second-order valence-corrected chi connectivity index (χ2v) is 19.6. The molecule has 6 nitrogen and oxygen atoms in total. The number of para-hydroxylation sites is 4. The molecule has 0 amide bonds. The van der Waals surface area contributed by atoms with Crippen molar-refractivity contribution in [3.05, 3.63) is 327 Å². The van der Waals surface area contributed by atoms with Crippen LogP contribution in [0.15, 0.2) is 315 Å². The zero-order chi connectivity index (χ0) is 54.0. The van der Waals surface area contributed by atoms with Crippen LogP contribution in [-0.4, -0.2) is 0 Å². The predicted molar refractivity (Wildman–Crippen MR) is 333 cm³/mol. The molecule has 0 aliphatic rings. The number of rotatable bonds is 17. The maximum absolute atomic E-state index is 6.23. The fraction of sp³-hybridized carbons (Fsp3) is 0.0270. The van der Waals surface area contributed by atoms with Gasteiger partial charge in [-0.2, -0.15) is 0 Å². The molecule has 0 N–H and O–H groups in total. The zero-order valence-corrected chi connectivity index (χ0v) is 44.6. The van der Waals surface area contributed by atoms with E-state index in [1.54, 1.807) is 0 Å². The van der Waals surface area contributed by atoms with E-state index in [0.29, 0.717) is 0 Å². The monoisotopic (exact) mass is 1030 g/mol. The van der Waals surface area contributed by atoms with Gasteiger partial charge in [-0.3, -0.25) is 0 Å². The van der Waals surface area contributed by atoms with E-state index in [9.17, 15) is 0 Å². The summed E-state index contributed by atoms with van der Waals surface area (Å²) in [4.78, 5) is 9.17. The van der Waals surface area contributed by atoms with Gasteiger partial charge in [0.15, 0.2) is 0 Å². The fourth-order valence-electron chi connectivity index (χ4n) is 10.0. The molecule has 0 unspecified atom stereocenters. The van der Waals surface area contributed by atoms with Gasteiger partial charge in [-0.05, 0) is 219 Å². The second kappa shape index (κ2) is 23.4. The van der Waals surface area contributed by atoms with Gasteiger partial charge in [-0.1, -0.05) is 132 Å². The minimum absolute atomic E-state index is 0.767. The number of nitrogens with zero attached hydrogens (tertiary/aromatic N) is 4. The van der Waals surface area contributed by atoms with Crippen LogP contribution in [0, 0.1) is 13.8 Å². The van der Waals surface area contributed by atoms with Crippen LogP contribution in [0.5, 0.6) is 23.0 Å². The summed E-state index contributed by atoms with van der Waals surface area (Å²) >= 11 is 0. The van der Waals surface area contributed by atoms with Gasteiger partial charge < -0.3 is 29.1 Å². The van der Waals surface area contributed by atoms with Crippen LogP contribution in [0.3, 0.4) is 0 Å². The summed E-state index contributed by atoms with van der Waals surface area (Å²) < 4.78 is 12.5. The van der Waals surface area contributed by atoms with E-state index in [0.717, 1.165) is 102 Å². The molecule has 0 bridgehead atoms. The Kier molecular flexibility index (Phi) is 14.7. The molecule has 12 aromatic rings. The molecule has 0 saturated carbocycles. The molecule has 386 valence electrons. The molecule has 0 aromatic heterocycles. The molecule has 0 atom stereocenters. The van der Waals surface area contributed by atoms with E-state index in [-0.39, 0.29) is 0 Å². The summed E-state index contributed by atoms with van der Waals surface area (Å²) in [5.74, 6) is 3.12. The van der Waals surface area contributed by atoms with Crippen molar-refractivity contribution in [2.24, 2.45) is 0 Å². The minimum atomic E-state index is 0.767. The van der Waals surface area contributed by atoms with E-state index in [2.05, 4.69) is 264 Å². The predicted octanol–water partition coefficient (Wildman–Crippen LogP) is 21.4. The normalized spacial score (nSPS) is 10.9. The molecule has 0 heterocycles. The van der Waals surface area contributed by atoms with Crippen LogP contribution < -0.4 is 29.1 Å². The van der Waals surface area contributed by atoms with Crippen molar-refractivity contribution in [1.82, 2.24) is 0 Å². The van der Waals surface area contributed by atoms with Crippen LogP contribution in [0.1, 0.15) is 11.1 Å². The Morgan fingerprint density at radius 3 is 0.600 bits per heavy atom. The molecular formula is C74H58N4O2. The third-order valence-electron chi connectivity index (χ3n) is 14.1. The average Bonchev–Trinajstić information content (AvgIpc) is 3.64. The van der Waals surface area contributed by atoms with Gasteiger partial charge in [0.2, 0.25) is 0 Å². The Morgan fingerprint density at radius 1 is 0.175 bits per heavy atom. The van der Waals surface area contributed by atoms with Crippen molar-refractivity contribution < 1.29 is 9.47 Å². The number of hydrogen-bond donors (Lipinski definition) is 0. The molecule has 0 spiro atoms. The summed E-state index contributed by atoms with van der Waals surface area (Å²) in [6.45, 7) is 4.24. The van der Waals surface area contributed by atoms with E-state index in [1.807, 2.05) is 84.9 Å².